The number of rotatable bonds is 65. The molecule has 0 radical (unpaired) electrons. The summed E-state index contributed by atoms with van der Waals surface area (Å²) in [4.78, 5) is 13.4. The lowest BCUT2D eigenvalue weighted by Crippen LogP contribution is -2.65. The number of hydrogen-bond acceptors (Lipinski definition) is 13. The van der Waals surface area contributed by atoms with Gasteiger partial charge in [-0.05, 0) is 70.6 Å². The molecule has 1 amide bonds. The Balaban J connectivity index is 1.61. The van der Waals surface area contributed by atoms with Gasteiger partial charge in [0, 0.05) is 6.42 Å². The molecule has 0 aromatic rings. The summed E-state index contributed by atoms with van der Waals surface area (Å²) in [5.74, 6) is -0.204. The average Bonchev–Trinajstić information content (AvgIpc) is 0.927. The number of nitrogens with one attached hydrogen (secondary N) is 1. The van der Waals surface area contributed by atoms with Crippen molar-refractivity contribution in [1.29, 1.82) is 0 Å². The van der Waals surface area contributed by atoms with E-state index in [0.29, 0.717) is 12.8 Å². The summed E-state index contributed by atoms with van der Waals surface area (Å²) in [5, 5.41) is 87.8. The molecule has 0 bridgehead atoms. The molecule has 14 nitrogen and oxygen atoms in total. The molecule has 552 valence electrons. The largest absolute Gasteiger partial charge is 0.394 e. The molecule has 0 aromatic carbocycles. The Morgan fingerprint density at radius 2 is 0.726 bits per heavy atom. The molecule has 2 rings (SSSR count). The molecule has 2 fully saturated rings. The van der Waals surface area contributed by atoms with Gasteiger partial charge in [-0.2, -0.15) is 0 Å². The van der Waals surface area contributed by atoms with Crippen molar-refractivity contribution in [2.24, 2.45) is 0 Å². The zero-order chi connectivity index (χ0) is 68.7. The number of hydrogen-bond donors (Lipinski definition) is 9. The number of carbonyl (C=O) groups is 1. The first-order chi connectivity index (χ1) is 46.6. The van der Waals surface area contributed by atoms with Gasteiger partial charge in [0.25, 0.3) is 0 Å². The first-order valence-electron chi connectivity index (χ1n) is 39.3. The predicted octanol–water partition coefficient (Wildman–Crippen LogP) is 17.5. The maximum atomic E-state index is 13.4. The fourth-order valence-electron chi connectivity index (χ4n) is 12.7. The van der Waals surface area contributed by atoms with Crippen LogP contribution in [0.4, 0.5) is 0 Å². The van der Waals surface area contributed by atoms with Crippen molar-refractivity contribution >= 4 is 5.91 Å². The van der Waals surface area contributed by atoms with Crippen LogP contribution in [0, 0.1) is 0 Å². The lowest BCUT2D eigenvalue weighted by molar-refractivity contribution is -0.359. The molecular weight excluding hydrogens is 1190 g/mol. The minimum atomic E-state index is -1.79. The van der Waals surface area contributed by atoms with E-state index in [0.717, 1.165) is 96.3 Å². The predicted molar refractivity (Wildman–Crippen MR) is 392 cm³/mol. The summed E-state index contributed by atoms with van der Waals surface area (Å²) >= 11 is 0. The van der Waals surface area contributed by atoms with Gasteiger partial charge in [0.1, 0.15) is 48.8 Å². The van der Waals surface area contributed by atoms with Crippen LogP contribution in [0.25, 0.3) is 0 Å². The third kappa shape index (κ3) is 47.8. The van der Waals surface area contributed by atoms with Crippen molar-refractivity contribution < 1.29 is 64.6 Å². The fraction of sp³-hybridized carbons (Fsp3) is 0.815. The van der Waals surface area contributed by atoms with E-state index >= 15 is 0 Å². The third-order valence-corrected chi connectivity index (χ3v) is 18.9. The van der Waals surface area contributed by atoms with E-state index < -0.39 is 86.8 Å². The highest BCUT2D eigenvalue weighted by Gasteiger charge is 2.51. The van der Waals surface area contributed by atoms with Crippen molar-refractivity contribution in [3.8, 4) is 0 Å². The minimum absolute atomic E-state index is 0.204. The van der Waals surface area contributed by atoms with E-state index in [9.17, 15) is 45.6 Å². The first kappa shape index (κ1) is 88.3. The second kappa shape index (κ2) is 64.5. The summed E-state index contributed by atoms with van der Waals surface area (Å²) in [6.45, 7) is 2.79. The van der Waals surface area contributed by atoms with Crippen LogP contribution in [-0.2, 0) is 23.7 Å². The number of amides is 1. The van der Waals surface area contributed by atoms with Crippen molar-refractivity contribution in [2.45, 2.75) is 402 Å². The van der Waals surface area contributed by atoms with Gasteiger partial charge in [0.2, 0.25) is 5.91 Å². The zero-order valence-corrected chi connectivity index (χ0v) is 60.4. The number of ether oxygens (including phenoxy) is 4. The highest BCUT2D eigenvalue weighted by Crippen LogP contribution is 2.30. The van der Waals surface area contributed by atoms with Crippen molar-refractivity contribution in [1.82, 2.24) is 5.32 Å². The highest BCUT2D eigenvalue weighted by atomic mass is 16.7. The second-order valence-electron chi connectivity index (χ2n) is 27.5. The van der Waals surface area contributed by atoms with E-state index in [4.69, 9.17) is 18.9 Å². The summed E-state index contributed by atoms with van der Waals surface area (Å²) in [6.07, 6.45) is 73.2. The molecule has 12 atom stereocenters. The van der Waals surface area contributed by atoms with E-state index in [1.807, 2.05) is 0 Å². The Morgan fingerprint density at radius 1 is 0.389 bits per heavy atom. The van der Waals surface area contributed by atoms with E-state index in [-0.39, 0.29) is 12.5 Å². The van der Waals surface area contributed by atoms with Crippen LogP contribution in [-0.4, -0.2) is 140 Å². The van der Waals surface area contributed by atoms with Crippen LogP contribution in [0.15, 0.2) is 85.1 Å². The molecule has 0 aromatic heterocycles. The lowest BCUT2D eigenvalue weighted by atomic mass is 9.97. The standard InChI is InChI=1S/C81H145NO13/c1-3-5-7-9-11-13-15-17-19-21-23-25-27-29-30-31-32-33-34-35-36-37-38-39-40-41-43-45-47-49-51-53-55-57-59-61-63-65-73(86)82-69(68-92-80-78(91)76(89)79(72(67-84)94-80)95-81-77(90)75(88)74(87)71(66-83)93-81)70(85)64-62-60-58-56-54-52-50-48-46-44-42-28-26-24-22-20-18-16-14-12-10-8-6-4-2/h5,7,11,13,17,19,23,25,29-30,32-33,35-36,69-72,74-81,83-85,87-91H,3-4,6,8-10,12,14-16,18,20-22,24,26-28,31,34,37-68H2,1-2H3,(H,82,86)/b7-5-,13-11-,19-17-,25-23-,30-29-,33-32-,36-35-. The van der Waals surface area contributed by atoms with Crippen molar-refractivity contribution in [3.63, 3.8) is 0 Å². The van der Waals surface area contributed by atoms with Crippen LogP contribution in [0.5, 0.6) is 0 Å². The smallest absolute Gasteiger partial charge is 0.220 e. The van der Waals surface area contributed by atoms with Crippen molar-refractivity contribution in [3.05, 3.63) is 85.1 Å². The molecule has 14 heteroatoms. The average molecular weight is 1340 g/mol. The Bertz CT molecular complexity index is 1920. The molecule has 2 saturated heterocycles. The maximum Gasteiger partial charge on any atom is 0.220 e. The summed E-state index contributed by atoms with van der Waals surface area (Å²) in [5.41, 5.74) is 0. The van der Waals surface area contributed by atoms with Gasteiger partial charge in [-0.15, -0.1) is 0 Å². The van der Waals surface area contributed by atoms with E-state index in [1.54, 1.807) is 0 Å². The number of carbonyl (C=O) groups excluding carboxylic acids is 1. The van der Waals surface area contributed by atoms with Gasteiger partial charge in [0.15, 0.2) is 12.6 Å². The van der Waals surface area contributed by atoms with Gasteiger partial charge in [0.05, 0.1) is 32.0 Å². The fourth-order valence-corrected chi connectivity index (χ4v) is 12.7. The highest BCUT2D eigenvalue weighted by molar-refractivity contribution is 5.76. The number of allylic oxidation sites excluding steroid dienone is 14. The van der Waals surface area contributed by atoms with E-state index in [1.165, 1.54) is 205 Å². The molecule has 2 aliphatic heterocycles. The Kier molecular flexibility index (Phi) is 60.0. The topological polar surface area (TPSA) is 228 Å². The Labute approximate surface area is 580 Å². The molecule has 2 aliphatic rings. The molecule has 2 heterocycles. The molecule has 9 N–H and O–H groups in total. The van der Waals surface area contributed by atoms with Crippen LogP contribution in [0.3, 0.4) is 0 Å². The van der Waals surface area contributed by atoms with Crippen LogP contribution in [0.1, 0.15) is 328 Å². The molecular formula is C81H145NO13. The molecule has 12 unspecified atom stereocenters. The first-order valence-corrected chi connectivity index (χ1v) is 39.3. The monoisotopic (exact) mass is 1340 g/mol. The van der Waals surface area contributed by atoms with E-state index in [2.05, 4.69) is 104 Å². The molecule has 0 spiro atoms. The normalized spacial score (nSPS) is 22.8. The molecule has 95 heavy (non-hydrogen) atoms. The second-order valence-corrected chi connectivity index (χ2v) is 27.5. The van der Waals surface area contributed by atoms with Gasteiger partial charge in [-0.25, -0.2) is 0 Å². The Hall–Kier alpha value is -2.83. The molecule has 0 saturated carbocycles. The third-order valence-electron chi connectivity index (χ3n) is 18.9. The lowest BCUT2D eigenvalue weighted by Gasteiger charge is -2.46. The van der Waals surface area contributed by atoms with Crippen LogP contribution >= 0.6 is 0 Å². The molecule has 0 aliphatic carbocycles. The summed E-state index contributed by atoms with van der Waals surface area (Å²) in [6, 6.07) is -0.834. The maximum absolute atomic E-state index is 13.4. The van der Waals surface area contributed by atoms with Gasteiger partial charge < -0.3 is 65.1 Å². The minimum Gasteiger partial charge on any atom is -0.394 e. The zero-order valence-electron chi connectivity index (χ0n) is 60.4. The van der Waals surface area contributed by atoms with Gasteiger partial charge in [-0.3, -0.25) is 4.79 Å². The summed E-state index contributed by atoms with van der Waals surface area (Å²) < 4.78 is 23.0. The number of aliphatic hydroxyl groups is 8. The van der Waals surface area contributed by atoms with Crippen LogP contribution < -0.4 is 5.32 Å². The van der Waals surface area contributed by atoms with Crippen LogP contribution in [0.2, 0.25) is 0 Å². The van der Waals surface area contributed by atoms with Crippen molar-refractivity contribution in [2.75, 3.05) is 19.8 Å². The summed E-state index contributed by atoms with van der Waals surface area (Å²) in [7, 11) is 0. The van der Waals surface area contributed by atoms with Gasteiger partial charge in [-0.1, -0.05) is 336 Å². The number of aliphatic hydroxyl groups excluding tert-OH is 8. The quantitative estimate of drug-likeness (QED) is 0.0204. The SMILES string of the molecule is CC/C=C\C/C=C\C/C=C\C/C=C\C/C=C\C/C=C\C/C=C\CCCCCCCCCCCCCCCCCC(=O)NC(COC1OC(CO)C(OC2OC(CO)C(O)C(O)C2O)C(O)C1O)C(O)CCCCCCCCCCCCCCCCCCCCCCCCCC. The van der Waals surface area contributed by atoms with Gasteiger partial charge >= 0.3 is 0 Å². The Morgan fingerprint density at radius 3 is 1.12 bits per heavy atom. The number of unbranched alkanes of at least 4 members (excludes halogenated alkanes) is 38.